The van der Waals surface area contributed by atoms with Gasteiger partial charge >= 0.3 is 0 Å². The summed E-state index contributed by atoms with van der Waals surface area (Å²) in [6.45, 7) is 4.08. The molecule has 1 saturated heterocycles. The van der Waals surface area contributed by atoms with Crippen LogP contribution >= 0.6 is 0 Å². The van der Waals surface area contributed by atoms with Crippen LogP contribution in [0.1, 0.15) is 28.8 Å². The number of aryl methyl sites for hydroxylation is 1. The summed E-state index contributed by atoms with van der Waals surface area (Å²) in [4.78, 5) is 17.2. The SMILES string of the molecule is Cc1cc(C=O)cnc1N1CC[CH]CC1. The molecule has 0 aliphatic carbocycles. The predicted molar refractivity (Wildman–Crippen MR) is 60.1 cm³/mol. The van der Waals surface area contributed by atoms with Gasteiger partial charge in [-0.3, -0.25) is 4.79 Å². The van der Waals surface area contributed by atoms with Gasteiger partial charge in [-0.1, -0.05) is 0 Å². The van der Waals surface area contributed by atoms with E-state index in [0.717, 1.165) is 43.6 Å². The topological polar surface area (TPSA) is 33.2 Å². The number of rotatable bonds is 2. The highest BCUT2D eigenvalue weighted by molar-refractivity contribution is 5.75. The number of hydrogen-bond acceptors (Lipinski definition) is 3. The molecule has 3 heteroatoms. The zero-order valence-electron chi connectivity index (χ0n) is 8.94. The van der Waals surface area contributed by atoms with Crippen molar-refractivity contribution in [2.45, 2.75) is 19.8 Å². The van der Waals surface area contributed by atoms with Gasteiger partial charge in [-0.15, -0.1) is 0 Å². The minimum atomic E-state index is 0.653. The summed E-state index contributed by atoms with van der Waals surface area (Å²) in [7, 11) is 0. The quantitative estimate of drug-likeness (QED) is 0.689. The first-order valence-electron chi connectivity index (χ1n) is 5.29. The molecule has 1 aromatic rings. The normalized spacial score (nSPS) is 16.5. The molecule has 0 amide bonds. The predicted octanol–water partition coefficient (Wildman–Crippen LogP) is 2.01. The van der Waals surface area contributed by atoms with Gasteiger partial charge in [0, 0.05) is 24.8 Å². The van der Waals surface area contributed by atoms with Crippen LogP contribution in [0.5, 0.6) is 0 Å². The zero-order chi connectivity index (χ0) is 10.7. The lowest BCUT2D eigenvalue weighted by molar-refractivity contribution is 0.112. The van der Waals surface area contributed by atoms with Gasteiger partial charge in [0.25, 0.3) is 0 Å². The van der Waals surface area contributed by atoms with E-state index in [2.05, 4.69) is 16.3 Å². The zero-order valence-corrected chi connectivity index (χ0v) is 8.94. The first-order valence-corrected chi connectivity index (χ1v) is 5.29. The van der Waals surface area contributed by atoms with Crippen LogP contribution in [-0.2, 0) is 0 Å². The Morgan fingerprint density at radius 1 is 1.40 bits per heavy atom. The lowest BCUT2D eigenvalue weighted by Gasteiger charge is -2.28. The van der Waals surface area contributed by atoms with Crippen molar-refractivity contribution in [3.8, 4) is 0 Å². The Labute approximate surface area is 90.1 Å². The van der Waals surface area contributed by atoms with E-state index >= 15 is 0 Å². The molecular weight excluding hydrogens is 188 g/mol. The molecule has 2 heterocycles. The van der Waals surface area contributed by atoms with Crippen LogP contribution in [0.3, 0.4) is 0 Å². The maximum Gasteiger partial charge on any atom is 0.151 e. The summed E-state index contributed by atoms with van der Waals surface area (Å²) < 4.78 is 0. The smallest absolute Gasteiger partial charge is 0.151 e. The summed E-state index contributed by atoms with van der Waals surface area (Å²) >= 11 is 0. The van der Waals surface area contributed by atoms with Crippen LogP contribution in [0.15, 0.2) is 12.3 Å². The Morgan fingerprint density at radius 2 is 2.13 bits per heavy atom. The van der Waals surface area contributed by atoms with Gasteiger partial charge in [0.1, 0.15) is 5.82 Å². The van der Waals surface area contributed by atoms with Crippen molar-refractivity contribution in [2.24, 2.45) is 0 Å². The molecule has 0 aromatic carbocycles. The van der Waals surface area contributed by atoms with Gasteiger partial charge in [0.05, 0.1) is 0 Å². The van der Waals surface area contributed by atoms with E-state index in [1.807, 2.05) is 13.0 Å². The highest BCUT2D eigenvalue weighted by Gasteiger charge is 2.14. The third-order valence-electron chi connectivity index (χ3n) is 2.71. The molecular formula is C12H15N2O. The number of nitrogens with zero attached hydrogens (tertiary/aromatic N) is 2. The lowest BCUT2D eigenvalue weighted by atomic mass is 10.1. The fourth-order valence-corrected chi connectivity index (χ4v) is 1.95. The average Bonchev–Trinajstić information content (AvgIpc) is 2.30. The summed E-state index contributed by atoms with van der Waals surface area (Å²) in [6.07, 6.45) is 7.04. The maximum absolute atomic E-state index is 10.6. The fraction of sp³-hybridized carbons (Fsp3) is 0.417. The summed E-state index contributed by atoms with van der Waals surface area (Å²) in [5.41, 5.74) is 1.74. The number of anilines is 1. The van der Waals surface area contributed by atoms with Crippen LogP contribution in [-0.4, -0.2) is 24.4 Å². The molecule has 2 rings (SSSR count). The van der Waals surface area contributed by atoms with E-state index in [-0.39, 0.29) is 0 Å². The monoisotopic (exact) mass is 203 g/mol. The highest BCUT2D eigenvalue weighted by Crippen LogP contribution is 2.21. The number of pyridine rings is 1. The van der Waals surface area contributed by atoms with Gasteiger partial charge in [0.2, 0.25) is 0 Å². The molecule has 0 bridgehead atoms. The first-order chi connectivity index (χ1) is 7.31. The molecule has 0 atom stereocenters. The average molecular weight is 203 g/mol. The molecule has 79 valence electrons. The molecule has 0 saturated carbocycles. The Hall–Kier alpha value is -1.38. The third-order valence-corrected chi connectivity index (χ3v) is 2.71. The van der Waals surface area contributed by atoms with Crippen LogP contribution in [0.25, 0.3) is 0 Å². The Kier molecular flexibility index (Phi) is 2.99. The second-order valence-corrected chi connectivity index (χ2v) is 3.88. The van der Waals surface area contributed by atoms with Crippen LogP contribution in [0.4, 0.5) is 5.82 Å². The van der Waals surface area contributed by atoms with Gasteiger partial charge in [-0.2, -0.15) is 0 Å². The van der Waals surface area contributed by atoms with Crippen molar-refractivity contribution in [3.63, 3.8) is 0 Å². The Balaban J connectivity index is 2.23. The molecule has 0 spiro atoms. The summed E-state index contributed by atoms with van der Waals surface area (Å²) in [5.74, 6) is 1.02. The van der Waals surface area contributed by atoms with Crippen molar-refractivity contribution in [1.29, 1.82) is 0 Å². The fourth-order valence-electron chi connectivity index (χ4n) is 1.95. The van der Waals surface area contributed by atoms with Gasteiger partial charge in [-0.25, -0.2) is 4.98 Å². The van der Waals surface area contributed by atoms with Crippen LogP contribution < -0.4 is 4.90 Å². The largest absolute Gasteiger partial charge is 0.356 e. The van der Waals surface area contributed by atoms with Crippen molar-refractivity contribution >= 4 is 12.1 Å². The minimum Gasteiger partial charge on any atom is -0.356 e. The minimum absolute atomic E-state index is 0.653. The molecule has 1 fully saturated rings. The molecule has 3 nitrogen and oxygen atoms in total. The molecule has 0 N–H and O–H groups in total. The van der Waals surface area contributed by atoms with E-state index in [1.54, 1.807) is 6.20 Å². The second-order valence-electron chi connectivity index (χ2n) is 3.88. The third kappa shape index (κ3) is 2.17. The van der Waals surface area contributed by atoms with Gasteiger partial charge in [0.15, 0.2) is 6.29 Å². The number of carbonyl (C=O) groups excluding carboxylic acids is 1. The first kappa shape index (κ1) is 10.1. The number of aldehydes is 1. The molecule has 1 radical (unpaired) electrons. The summed E-state index contributed by atoms with van der Waals surface area (Å²) in [6, 6.07) is 1.90. The number of piperidine rings is 1. The molecule has 0 unspecified atom stereocenters. The standard InChI is InChI=1S/C12H15N2O/c1-10-7-11(9-15)8-13-12(10)14-5-3-2-4-6-14/h2,7-9H,3-6H2,1H3. The van der Waals surface area contributed by atoms with Crippen LogP contribution in [0, 0.1) is 13.3 Å². The lowest BCUT2D eigenvalue weighted by Crippen LogP contribution is -2.31. The summed E-state index contributed by atoms with van der Waals surface area (Å²) in [5, 5.41) is 0. The molecule has 15 heavy (non-hydrogen) atoms. The van der Waals surface area contributed by atoms with E-state index < -0.39 is 0 Å². The van der Waals surface area contributed by atoms with Crippen molar-refractivity contribution in [3.05, 3.63) is 29.8 Å². The number of hydrogen-bond donors (Lipinski definition) is 0. The van der Waals surface area contributed by atoms with Crippen molar-refractivity contribution < 1.29 is 4.79 Å². The molecule has 1 aromatic heterocycles. The maximum atomic E-state index is 10.6. The Morgan fingerprint density at radius 3 is 2.73 bits per heavy atom. The van der Waals surface area contributed by atoms with E-state index in [0.29, 0.717) is 5.56 Å². The Bertz CT molecular complexity index is 357. The van der Waals surface area contributed by atoms with E-state index in [1.165, 1.54) is 0 Å². The van der Waals surface area contributed by atoms with Crippen molar-refractivity contribution in [2.75, 3.05) is 18.0 Å². The molecule has 1 aliphatic rings. The van der Waals surface area contributed by atoms with Crippen LogP contribution in [0.2, 0.25) is 0 Å². The highest BCUT2D eigenvalue weighted by atomic mass is 16.1. The van der Waals surface area contributed by atoms with Gasteiger partial charge < -0.3 is 4.90 Å². The second kappa shape index (κ2) is 4.43. The van der Waals surface area contributed by atoms with E-state index in [9.17, 15) is 4.79 Å². The van der Waals surface area contributed by atoms with Gasteiger partial charge in [-0.05, 0) is 37.8 Å². The number of aromatic nitrogens is 1. The molecule has 1 aliphatic heterocycles. The number of carbonyl (C=O) groups is 1. The van der Waals surface area contributed by atoms with E-state index in [4.69, 9.17) is 0 Å². The van der Waals surface area contributed by atoms with Crippen molar-refractivity contribution in [1.82, 2.24) is 4.98 Å².